The number of methoxy groups -OCH3 is 2. The van der Waals surface area contributed by atoms with Crippen molar-refractivity contribution in [2.75, 3.05) is 27.3 Å². The largest absolute Gasteiger partial charge is 0.468 e. The van der Waals surface area contributed by atoms with Crippen LogP contribution < -0.4 is 0 Å². The average Bonchev–Trinajstić information content (AvgIpc) is 2.53. The van der Waals surface area contributed by atoms with Gasteiger partial charge in [0, 0.05) is 4.90 Å². The Morgan fingerprint density at radius 3 is 2.00 bits per heavy atom. The van der Waals surface area contributed by atoms with Crippen LogP contribution in [0.4, 0.5) is 0 Å². The number of thioether (sulfide) groups is 1. The molecular formula is C15H19NO5S. The molecule has 0 bridgehead atoms. The third kappa shape index (κ3) is 5.77. The molecule has 1 amide bonds. The summed E-state index contributed by atoms with van der Waals surface area (Å²) in [5, 5.41) is -0.447. The van der Waals surface area contributed by atoms with Crippen LogP contribution in [0.1, 0.15) is 6.92 Å². The maximum atomic E-state index is 12.4. The lowest BCUT2D eigenvalue weighted by molar-refractivity contribution is -0.151. The van der Waals surface area contributed by atoms with E-state index in [9.17, 15) is 14.4 Å². The Morgan fingerprint density at radius 1 is 1.05 bits per heavy atom. The Bertz CT molecular complexity index is 502. The molecule has 0 heterocycles. The van der Waals surface area contributed by atoms with Crippen LogP contribution in [0, 0.1) is 0 Å². The number of benzene rings is 1. The minimum atomic E-state index is -0.589. The monoisotopic (exact) mass is 325 g/mol. The Kier molecular flexibility index (Phi) is 7.45. The molecule has 120 valence electrons. The van der Waals surface area contributed by atoms with E-state index in [1.54, 1.807) is 6.92 Å². The quantitative estimate of drug-likeness (QED) is 0.556. The molecule has 1 aromatic rings. The van der Waals surface area contributed by atoms with E-state index in [0.717, 1.165) is 9.80 Å². The minimum absolute atomic E-state index is 0.288. The highest BCUT2D eigenvalue weighted by molar-refractivity contribution is 8.00. The van der Waals surface area contributed by atoms with Gasteiger partial charge >= 0.3 is 11.9 Å². The van der Waals surface area contributed by atoms with Gasteiger partial charge in [-0.3, -0.25) is 14.4 Å². The second-order valence-electron chi connectivity index (χ2n) is 4.42. The average molecular weight is 325 g/mol. The van der Waals surface area contributed by atoms with Gasteiger partial charge in [0.05, 0.1) is 19.5 Å². The molecule has 0 aliphatic carbocycles. The van der Waals surface area contributed by atoms with Crippen molar-refractivity contribution in [3.63, 3.8) is 0 Å². The zero-order valence-electron chi connectivity index (χ0n) is 12.8. The number of nitrogens with zero attached hydrogens (tertiary/aromatic N) is 1. The van der Waals surface area contributed by atoms with Crippen molar-refractivity contribution in [3.8, 4) is 0 Å². The summed E-state index contributed by atoms with van der Waals surface area (Å²) in [4.78, 5) is 37.3. The van der Waals surface area contributed by atoms with Crippen molar-refractivity contribution in [1.82, 2.24) is 4.90 Å². The van der Waals surface area contributed by atoms with Crippen LogP contribution >= 0.6 is 11.8 Å². The minimum Gasteiger partial charge on any atom is -0.468 e. The maximum absolute atomic E-state index is 12.4. The Hall–Kier alpha value is -2.02. The number of hydrogen-bond donors (Lipinski definition) is 0. The lowest BCUT2D eigenvalue weighted by Gasteiger charge is -2.23. The number of amides is 1. The van der Waals surface area contributed by atoms with Crippen molar-refractivity contribution < 1.29 is 23.9 Å². The number of rotatable bonds is 7. The van der Waals surface area contributed by atoms with Crippen LogP contribution in [0.3, 0.4) is 0 Å². The topological polar surface area (TPSA) is 72.9 Å². The number of esters is 2. The van der Waals surface area contributed by atoms with Crippen LogP contribution in [0.2, 0.25) is 0 Å². The van der Waals surface area contributed by atoms with E-state index >= 15 is 0 Å². The van der Waals surface area contributed by atoms with Gasteiger partial charge in [-0.05, 0) is 19.1 Å². The molecule has 7 heteroatoms. The van der Waals surface area contributed by atoms with Gasteiger partial charge in [0.1, 0.15) is 13.1 Å². The molecule has 6 nitrogen and oxygen atoms in total. The van der Waals surface area contributed by atoms with Crippen LogP contribution in [-0.4, -0.2) is 55.3 Å². The van der Waals surface area contributed by atoms with Gasteiger partial charge in [-0.15, -0.1) is 11.8 Å². The molecule has 22 heavy (non-hydrogen) atoms. The highest BCUT2D eigenvalue weighted by Gasteiger charge is 2.26. The van der Waals surface area contributed by atoms with E-state index in [2.05, 4.69) is 9.47 Å². The van der Waals surface area contributed by atoms with Crippen molar-refractivity contribution in [1.29, 1.82) is 0 Å². The van der Waals surface area contributed by atoms with E-state index in [1.807, 2.05) is 30.3 Å². The van der Waals surface area contributed by atoms with Gasteiger partial charge in [0.15, 0.2) is 0 Å². The summed E-state index contributed by atoms with van der Waals surface area (Å²) in [7, 11) is 2.45. The second-order valence-corrected chi connectivity index (χ2v) is 5.83. The molecule has 1 aromatic carbocycles. The molecule has 0 unspecified atom stereocenters. The first-order chi connectivity index (χ1) is 10.5. The second kappa shape index (κ2) is 9.09. The zero-order chi connectivity index (χ0) is 16.5. The SMILES string of the molecule is COC(=O)CN(CC(=O)OC)C(=O)[C@H](C)Sc1ccccc1. The molecule has 0 saturated carbocycles. The van der Waals surface area contributed by atoms with Crippen molar-refractivity contribution in [2.45, 2.75) is 17.1 Å². The fourth-order valence-electron chi connectivity index (χ4n) is 1.66. The lowest BCUT2D eigenvalue weighted by Crippen LogP contribution is -2.43. The van der Waals surface area contributed by atoms with Crippen molar-refractivity contribution in [3.05, 3.63) is 30.3 Å². The first-order valence-corrected chi connectivity index (χ1v) is 7.50. The van der Waals surface area contributed by atoms with E-state index in [-0.39, 0.29) is 19.0 Å². The van der Waals surface area contributed by atoms with Crippen molar-refractivity contribution in [2.24, 2.45) is 0 Å². The number of carbonyl (C=O) groups excluding carboxylic acids is 3. The van der Waals surface area contributed by atoms with Gasteiger partial charge in [-0.1, -0.05) is 18.2 Å². The molecule has 1 atom stereocenters. The fourth-order valence-corrected chi connectivity index (χ4v) is 2.64. The predicted molar refractivity (Wildman–Crippen MR) is 82.4 cm³/mol. The molecule has 1 rings (SSSR count). The molecule has 0 spiro atoms. The smallest absolute Gasteiger partial charge is 0.325 e. The summed E-state index contributed by atoms with van der Waals surface area (Å²) in [5.41, 5.74) is 0. The molecule has 0 N–H and O–H groups in total. The number of ether oxygens (including phenoxy) is 2. The van der Waals surface area contributed by atoms with Crippen LogP contribution in [0.25, 0.3) is 0 Å². The third-order valence-corrected chi connectivity index (χ3v) is 3.91. The van der Waals surface area contributed by atoms with Gasteiger partial charge < -0.3 is 14.4 Å². The number of carbonyl (C=O) groups is 3. The van der Waals surface area contributed by atoms with Crippen LogP contribution in [-0.2, 0) is 23.9 Å². The van der Waals surface area contributed by atoms with Gasteiger partial charge in [-0.2, -0.15) is 0 Å². The highest BCUT2D eigenvalue weighted by atomic mass is 32.2. The van der Waals surface area contributed by atoms with Gasteiger partial charge in [0.2, 0.25) is 5.91 Å². The fraction of sp³-hybridized carbons (Fsp3) is 0.400. The molecule has 0 radical (unpaired) electrons. The predicted octanol–water partition coefficient (Wildman–Crippen LogP) is 1.34. The van der Waals surface area contributed by atoms with Crippen molar-refractivity contribution >= 4 is 29.6 Å². The van der Waals surface area contributed by atoms with Crippen LogP contribution in [0.15, 0.2) is 35.2 Å². The Balaban J connectivity index is 2.76. The standard InChI is InChI=1S/C15H19NO5S/c1-11(22-12-7-5-4-6-8-12)15(19)16(9-13(17)20-2)10-14(18)21-3/h4-8,11H,9-10H2,1-3H3/t11-/m0/s1. The highest BCUT2D eigenvalue weighted by Crippen LogP contribution is 2.24. The first-order valence-electron chi connectivity index (χ1n) is 6.62. The zero-order valence-corrected chi connectivity index (χ0v) is 13.6. The normalized spacial score (nSPS) is 11.4. The summed E-state index contributed by atoms with van der Waals surface area (Å²) < 4.78 is 9.10. The summed E-state index contributed by atoms with van der Waals surface area (Å²) >= 11 is 1.35. The number of hydrogen-bond acceptors (Lipinski definition) is 6. The first kappa shape index (κ1) is 18.0. The maximum Gasteiger partial charge on any atom is 0.325 e. The lowest BCUT2D eigenvalue weighted by atomic mass is 10.3. The molecule has 0 aliphatic heterocycles. The summed E-state index contributed by atoms with van der Waals surface area (Å²) in [6, 6.07) is 9.41. The van der Waals surface area contributed by atoms with E-state index in [4.69, 9.17) is 0 Å². The molecule has 0 saturated heterocycles. The molecule has 0 aromatic heterocycles. The summed E-state index contributed by atoms with van der Waals surface area (Å²) in [5.74, 6) is -1.51. The van der Waals surface area contributed by atoms with Gasteiger partial charge in [0.25, 0.3) is 0 Å². The molecule has 0 aliphatic rings. The Morgan fingerprint density at radius 2 is 1.55 bits per heavy atom. The van der Waals surface area contributed by atoms with E-state index < -0.39 is 17.2 Å². The molecule has 0 fully saturated rings. The van der Waals surface area contributed by atoms with Gasteiger partial charge in [-0.25, -0.2) is 0 Å². The summed E-state index contributed by atoms with van der Waals surface area (Å²) in [6.07, 6.45) is 0. The third-order valence-electron chi connectivity index (χ3n) is 2.81. The van der Waals surface area contributed by atoms with Crippen LogP contribution in [0.5, 0.6) is 0 Å². The van der Waals surface area contributed by atoms with E-state index in [1.165, 1.54) is 26.0 Å². The molecular weight excluding hydrogens is 306 g/mol. The Labute approximate surface area is 133 Å². The summed E-state index contributed by atoms with van der Waals surface area (Å²) in [6.45, 7) is 1.15. The van der Waals surface area contributed by atoms with E-state index in [0.29, 0.717) is 0 Å².